The first-order chi connectivity index (χ1) is 11.7. The van der Waals surface area contributed by atoms with Gasteiger partial charge in [-0.05, 0) is 17.7 Å². The van der Waals surface area contributed by atoms with Crippen LogP contribution in [0.15, 0.2) is 24.3 Å². The number of carbonyl (C=O) groups excluding carboxylic acids is 1. The van der Waals surface area contributed by atoms with Crippen LogP contribution in [0.2, 0.25) is 0 Å². The average Bonchev–Trinajstić information content (AvgIpc) is 2.55. The Morgan fingerprint density at radius 1 is 1.16 bits per heavy atom. The highest BCUT2D eigenvalue weighted by atomic mass is 19.4. The van der Waals surface area contributed by atoms with Gasteiger partial charge in [0, 0.05) is 19.6 Å². The lowest BCUT2D eigenvalue weighted by Gasteiger charge is -2.22. The molecule has 0 aliphatic carbocycles. The van der Waals surface area contributed by atoms with Crippen LogP contribution in [0.4, 0.5) is 18.0 Å². The van der Waals surface area contributed by atoms with Gasteiger partial charge in [-0.2, -0.15) is 13.2 Å². The molecule has 0 aliphatic heterocycles. The number of benzene rings is 1. The molecule has 2 amide bonds. The SMILES string of the molecule is O=C(O)c1ccc(CNC(=O)N(CCO)CCOCC(F)(F)F)cc1. The number of halogens is 3. The third-order valence-corrected chi connectivity index (χ3v) is 3.07. The molecule has 1 aromatic rings. The molecule has 0 bridgehead atoms. The van der Waals surface area contributed by atoms with Gasteiger partial charge in [0.25, 0.3) is 0 Å². The number of ether oxygens (including phenoxy) is 1. The number of aliphatic hydroxyl groups is 1. The topological polar surface area (TPSA) is 99.1 Å². The minimum absolute atomic E-state index is 0.0564. The largest absolute Gasteiger partial charge is 0.478 e. The van der Waals surface area contributed by atoms with Crippen molar-refractivity contribution in [2.75, 3.05) is 32.9 Å². The Labute approximate surface area is 142 Å². The molecule has 0 heterocycles. The molecule has 0 unspecified atom stereocenters. The number of hydrogen-bond acceptors (Lipinski definition) is 4. The van der Waals surface area contributed by atoms with E-state index < -0.39 is 24.8 Å². The average molecular weight is 364 g/mol. The lowest BCUT2D eigenvalue weighted by molar-refractivity contribution is -0.174. The van der Waals surface area contributed by atoms with Gasteiger partial charge < -0.3 is 25.2 Å². The Balaban J connectivity index is 2.45. The van der Waals surface area contributed by atoms with Crippen LogP contribution in [0.25, 0.3) is 0 Å². The summed E-state index contributed by atoms with van der Waals surface area (Å²) in [5.41, 5.74) is 0.759. The van der Waals surface area contributed by atoms with E-state index in [9.17, 15) is 22.8 Å². The van der Waals surface area contributed by atoms with E-state index in [0.717, 1.165) is 4.90 Å². The zero-order chi connectivity index (χ0) is 18.9. The molecule has 0 saturated carbocycles. The van der Waals surface area contributed by atoms with Crippen molar-refractivity contribution in [3.63, 3.8) is 0 Å². The van der Waals surface area contributed by atoms with Gasteiger partial charge in [0.1, 0.15) is 6.61 Å². The molecule has 0 atom stereocenters. The number of hydrogen-bond donors (Lipinski definition) is 3. The van der Waals surface area contributed by atoms with E-state index >= 15 is 0 Å². The third-order valence-electron chi connectivity index (χ3n) is 3.07. The Hall–Kier alpha value is -2.33. The molecule has 0 spiro atoms. The molecule has 7 nitrogen and oxygen atoms in total. The number of alkyl halides is 3. The first-order valence-electron chi connectivity index (χ1n) is 7.33. The van der Waals surface area contributed by atoms with Gasteiger partial charge in [0.15, 0.2) is 0 Å². The van der Waals surface area contributed by atoms with Gasteiger partial charge in [-0.15, -0.1) is 0 Å². The quantitative estimate of drug-likeness (QED) is 0.577. The molecule has 1 aromatic carbocycles. The van der Waals surface area contributed by atoms with E-state index in [-0.39, 0.29) is 38.4 Å². The van der Waals surface area contributed by atoms with Crippen molar-refractivity contribution in [1.29, 1.82) is 0 Å². The van der Waals surface area contributed by atoms with Crippen LogP contribution in [-0.2, 0) is 11.3 Å². The van der Waals surface area contributed by atoms with Crippen molar-refractivity contribution >= 4 is 12.0 Å². The fourth-order valence-electron chi connectivity index (χ4n) is 1.85. The predicted octanol–water partition coefficient (Wildman–Crippen LogP) is 1.47. The van der Waals surface area contributed by atoms with Crippen molar-refractivity contribution in [3.05, 3.63) is 35.4 Å². The molecular formula is C15H19F3N2O5. The van der Waals surface area contributed by atoms with Crippen molar-refractivity contribution in [2.24, 2.45) is 0 Å². The van der Waals surface area contributed by atoms with Crippen LogP contribution in [0.5, 0.6) is 0 Å². The van der Waals surface area contributed by atoms with Crippen LogP contribution in [0, 0.1) is 0 Å². The number of nitrogens with one attached hydrogen (secondary N) is 1. The monoisotopic (exact) mass is 364 g/mol. The molecule has 0 fully saturated rings. The Morgan fingerprint density at radius 2 is 1.80 bits per heavy atom. The Kier molecular flexibility index (Phi) is 8.16. The summed E-state index contributed by atoms with van der Waals surface area (Å²) in [7, 11) is 0. The van der Waals surface area contributed by atoms with Crippen LogP contribution in [0.1, 0.15) is 15.9 Å². The number of amides is 2. The number of rotatable bonds is 9. The van der Waals surface area contributed by atoms with E-state index in [1.54, 1.807) is 0 Å². The van der Waals surface area contributed by atoms with E-state index in [2.05, 4.69) is 10.1 Å². The second kappa shape index (κ2) is 9.84. The lowest BCUT2D eigenvalue weighted by Crippen LogP contribution is -2.43. The van der Waals surface area contributed by atoms with Crippen molar-refractivity contribution < 1.29 is 37.7 Å². The zero-order valence-corrected chi connectivity index (χ0v) is 13.3. The van der Waals surface area contributed by atoms with Crippen molar-refractivity contribution in [2.45, 2.75) is 12.7 Å². The number of nitrogens with zero attached hydrogens (tertiary/aromatic N) is 1. The molecule has 10 heteroatoms. The Morgan fingerprint density at radius 3 is 2.32 bits per heavy atom. The number of carbonyl (C=O) groups is 2. The van der Waals surface area contributed by atoms with E-state index in [1.165, 1.54) is 24.3 Å². The molecule has 25 heavy (non-hydrogen) atoms. The van der Waals surface area contributed by atoms with Crippen LogP contribution in [-0.4, -0.2) is 66.2 Å². The Bertz CT molecular complexity index is 563. The van der Waals surface area contributed by atoms with Crippen LogP contribution >= 0.6 is 0 Å². The van der Waals surface area contributed by atoms with Gasteiger partial charge in [-0.1, -0.05) is 12.1 Å². The second-order valence-electron chi connectivity index (χ2n) is 5.04. The maximum absolute atomic E-state index is 12.0. The molecule has 1 rings (SSSR count). The molecule has 3 N–H and O–H groups in total. The van der Waals surface area contributed by atoms with Crippen LogP contribution < -0.4 is 5.32 Å². The fraction of sp³-hybridized carbons (Fsp3) is 0.467. The third kappa shape index (κ3) is 8.36. The highest BCUT2D eigenvalue weighted by Gasteiger charge is 2.27. The number of aromatic carboxylic acids is 1. The maximum atomic E-state index is 12.0. The fourth-order valence-corrected chi connectivity index (χ4v) is 1.85. The summed E-state index contributed by atoms with van der Waals surface area (Å²) in [6.07, 6.45) is -4.44. The highest BCUT2D eigenvalue weighted by molar-refractivity contribution is 5.87. The van der Waals surface area contributed by atoms with Crippen molar-refractivity contribution in [1.82, 2.24) is 10.2 Å². The van der Waals surface area contributed by atoms with Crippen LogP contribution in [0.3, 0.4) is 0 Å². The van der Waals surface area contributed by atoms with E-state index in [4.69, 9.17) is 10.2 Å². The molecule has 0 radical (unpaired) electrons. The number of aliphatic hydroxyl groups excluding tert-OH is 1. The zero-order valence-electron chi connectivity index (χ0n) is 13.3. The summed E-state index contributed by atoms with van der Waals surface area (Å²) in [4.78, 5) is 23.9. The normalized spacial score (nSPS) is 11.2. The minimum Gasteiger partial charge on any atom is -0.478 e. The standard InChI is InChI=1S/C15H19F3N2O5/c16-15(17,18)10-25-8-6-20(5-7-21)14(24)19-9-11-1-3-12(4-2-11)13(22)23/h1-4,21H,5-10H2,(H,19,24)(H,22,23). The van der Waals surface area contributed by atoms with Crippen molar-refractivity contribution in [3.8, 4) is 0 Å². The second-order valence-corrected chi connectivity index (χ2v) is 5.04. The molecule has 0 aliphatic rings. The number of carboxylic acid groups (broad SMARTS) is 1. The summed E-state index contributed by atoms with van der Waals surface area (Å²) >= 11 is 0. The minimum atomic E-state index is -4.44. The molecule has 140 valence electrons. The van der Waals surface area contributed by atoms with Gasteiger partial charge >= 0.3 is 18.2 Å². The number of urea groups is 1. The molecule has 0 aromatic heterocycles. The van der Waals surface area contributed by atoms with Gasteiger partial charge in [0.05, 0.1) is 18.8 Å². The van der Waals surface area contributed by atoms with Gasteiger partial charge in [0.2, 0.25) is 0 Å². The summed E-state index contributed by atoms with van der Waals surface area (Å²) in [6.45, 7) is -2.14. The van der Waals surface area contributed by atoms with E-state index in [1.807, 2.05) is 0 Å². The summed E-state index contributed by atoms with van der Waals surface area (Å²) in [5.74, 6) is -1.07. The lowest BCUT2D eigenvalue weighted by atomic mass is 10.1. The maximum Gasteiger partial charge on any atom is 0.411 e. The molecular weight excluding hydrogens is 345 g/mol. The molecule has 0 saturated heterocycles. The summed E-state index contributed by atoms with van der Waals surface area (Å²) < 4.78 is 40.4. The predicted molar refractivity (Wildman–Crippen MR) is 81.2 cm³/mol. The van der Waals surface area contributed by atoms with E-state index in [0.29, 0.717) is 5.56 Å². The summed E-state index contributed by atoms with van der Waals surface area (Å²) in [5, 5.41) is 20.3. The van der Waals surface area contributed by atoms with Gasteiger partial charge in [-0.3, -0.25) is 0 Å². The first-order valence-corrected chi connectivity index (χ1v) is 7.33. The smallest absolute Gasteiger partial charge is 0.411 e. The van der Waals surface area contributed by atoms with Gasteiger partial charge in [-0.25, -0.2) is 9.59 Å². The summed E-state index contributed by atoms with van der Waals surface area (Å²) in [6, 6.07) is 5.27. The highest BCUT2D eigenvalue weighted by Crippen LogP contribution is 2.14. The first kappa shape index (κ1) is 20.7. The number of carboxylic acids is 1.